The van der Waals surface area contributed by atoms with Gasteiger partial charge in [0.2, 0.25) is 5.91 Å². The number of aryl methyl sites for hydroxylation is 1. The summed E-state index contributed by atoms with van der Waals surface area (Å²) in [6, 6.07) is 6.95. The number of amides is 1. The fourth-order valence-corrected chi connectivity index (χ4v) is 4.08. The van der Waals surface area contributed by atoms with Gasteiger partial charge in [0.05, 0.1) is 17.1 Å². The number of carbonyl (C=O) groups excluding carboxylic acids is 1. The van der Waals surface area contributed by atoms with E-state index in [9.17, 15) is 9.18 Å². The van der Waals surface area contributed by atoms with Gasteiger partial charge in [-0.1, -0.05) is 31.0 Å². The second-order valence-electron chi connectivity index (χ2n) is 6.28. The molecule has 3 nitrogen and oxygen atoms in total. The van der Waals surface area contributed by atoms with Crippen LogP contribution in [0.3, 0.4) is 0 Å². The molecule has 0 unspecified atom stereocenters. The first kappa shape index (κ1) is 16.1. The average Bonchev–Trinajstić information content (AvgIpc) is 3.16. The molecule has 1 heterocycles. The van der Waals surface area contributed by atoms with Crippen molar-refractivity contribution in [3.8, 4) is 0 Å². The predicted molar refractivity (Wildman–Crippen MR) is 90.1 cm³/mol. The summed E-state index contributed by atoms with van der Waals surface area (Å²) in [5.74, 6) is -0.211. The molecule has 1 amide bonds. The molecule has 1 aromatic carbocycles. The van der Waals surface area contributed by atoms with Gasteiger partial charge in [0, 0.05) is 17.3 Å². The highest BCUT2D eigenvalue weighted by Crippen LogP contribution is 2.41. The first-order valence-electron chi connectivity index (χ1n) is 8.02. The normalized spacial score (nSPS) is 16.4. The van der Waals surface area contributed by atoms with E-state index in [2.05, 4.69) is 10.3 Å². The largest absolute Gasteiger partial charge is 0.355 e. The van der Waals surface area contributed by atoms with Crippen molar-refractivity contribution in [2.75, 3.05) is 6.54 Å². The van der Waals surface area contributed by atoms with Crippen molar-refractivity contribution in [2.24, 2.45) is 0 Å². The lowest BCUT2D eigenvalue weighted by Gasteiger charge is -2.30. The summed E-state index contributed by atoms with van der Waals surface area (Å²) in [5.41, 5.74) is 1.28. The van der Waals surface area contributed by atoms with E-state index in [0.717, 1.165) is 41.9 Å². The molecule has 3 rings (SSSR count). The molecule has 1 aromatic heterocycles. The van der Waals surface area contributed by atoms with Crippen LogP contribution < -0.4 is 5.32 Å². The van der Waals surface area contributed by atoms with Crippen molar-refractivity contribution in [1.29, 1.82) is 0 Å². The van der Waals surface area contributed by atoms with Crippen molar-refractivity contribution in [3.63, 3.8) is 0 Å². The third-order valence-electron chi connectivity index (χ3n) is 4.64. The number of aromatic nitrogens is 1. The number of rotatable bonds is 5. The third kappa shape index (κ3) is 3.61. The van der Waals surface area contributed by atoms with Crippen LogP contribution in [0.2, 0.25) is 0 Å². The highest BCUT2D eigenvalue weighted by molar-refractivity contribution is 7.09. The Bertz CT molecular complexity index is 692. The SMILES string of the molecule is Cc1nc(CC(=O)NCC2(c3ccccc3F)CCCC2)cs1. The maximum atomic E-state index is 14.2. The van der Waals surface area contributed by atoms with E-state index in [1.54, 1.807) is 17.4 Å². The number of thiazole rings is 1. The zero-order valence-corrected chi connectivity index (χ0v) is 14.1. The summed E-state index contributed by atoms with van der Waals surface area (Å²) in [6.45, 7) is 2.42. The summed E-state index contributed by atoms with van der Waals surface area (Å²) in [6.07, 6.45) is 4.29. The summed E-state index contributed by atoms with van der Waals surface area (Å²) in [5, 5.41) is 5.89. The molecule has 122 valence electrons. The lowest BCUT2D eigenvalue weighted by molar-refractivity contribution is -0.120. The van der Waals surface area contributed by atoms with E-state index < -0.39 is 0 Å². The Morgan fingerprint density at radius 3 is 2.74 bits per heavy atom. The van der Waals surface area contributed by atoms with Gasteiger partial charge in [0.1, 0.15) is 5.82 Å². The van der Waals surface area contributed by atoms with Crippen molar-refractivity contribution >= 4 is 17.2 Å². The predicted octanol–water partition coefficient (Wildman–Crippen LogP) is 3.76. The topological polar surface area (TPSA) is 42.0 Å². The smallest absolute Gasteiger partial charge is 0.226 e. The minimum atomic E-state index is -0.265. The van der Waals surface area contributed by atoms with Gasteiger partial charge < -0.3 is 5.32 Å². The molecule has 1 fully saturated rings. The van der Waals surface area contributed by atoms with Crippen LogP contribution in [0.15, 0.2) is 29.6 Å². The highest BCUT2D eigenvalue weighted by Gasteiger charge is 2.37. The maximum absolute atomic E-state index is 14.2. The minimum absolute atomic E-state index is 0.0436. The number of hydrogen-bond donors (Lipinski definition) is 1. The Morgan fingerprint density at radius 2 is 2.09 bits per heavy atom. The average molecular weight is 332 g/mol. The lowest BCUT2D eigenvalue weighted by Crippen LogP contribution is -2.40. The van der Waals surface area contributed by atoms with Crippen LogP contribution in [0.1, 0.15) is 41.9 Å². The maximum Gasteiger partial charge on any atom is 0.226 e. The quantitative estimate of drug-likeness (QED) is 0.906. The summed E-state index contributed by atoms with van der Waals surface area (Å²) < 4.78 is 14.2. The molecule has 1 N–H and O–H groups in total. The van der Waals surface area contributed by atoms with E-state index in [1.807, 2.05) is 24.4 Å². The second-order valence-corrected chi connectivity index (χ2v) is 7.34. The molecule has 1 aliphatic rings. The standard InChI is InChI=1S/C18H21FN2OS/c1-13-21-14(11-23-13)10-17(22)20-12-18(8-4-5-9-18)15-6-2-3-7-16(15)19/h2-3,6-7,11H,4-5,8-10,12H2,1H3,(H,20,22). The molecule has 0 saturated heterocycles. The Morgan fingerprint density at radius 1 is 1.35 bits per heavy atom. The van der Waals surface area contributed by atoms with E-state index >= 15 is 0 Å². The number of benzene rings is 1. The van der Waals surface area contributed by atoms with Crippen LogP contribution in [0.25, 0.3) is 0 Å². The zero-order valence-electron chi connectivity index (χ0n) is 13.3. The number of hydrogen-bond acceptors (Lipinski definition) is 3. The molecule has 0 atom stereocenters. The van der Waals surface area contributed by atoms with Gasteiger partial charge in [-0.25, -0.2) is 9.37 Å². The van der Waals surface area contributed by atoms with Crippen molar-refractivity contribution in [3.05, 3.63) is 51.7 Å². The Kier molecular flexibility index (Phi) is 4.76. The summed E-state index contributed by atoms with van der Waals surface area (Å²) >= 11 is 1.55. The summed E-state index contributed by atoms with van der Waals surface area (Å²) in [4.78, 5) is 16.5. The van der Waals surface area contributed by atoms with Crippen LogP contribution in [-0.4, -0.2) is 17.4 Å². The summed E-state index contributed by atoms with van der Waals surface area (Å²) in [7, 11) is 0. The van der Waals surface area contributed by atoms with Crippen molar-refractivity contribution in [2.45, 2.75) is 44.4 Å². The number of halogens is 1. The molecule has 0 bridgehead atoms. The van der Waals surface area contributed by atoms with Gasteiger partial charge >= 0.3 is 0 Å². The number of carbonyl (C=O) groups is 1. The van der Waals surface area contributed by atoms with Crippen LogP contribution in [-0.2, 0) is 16.6 Å². The van der Waals surface area contributed by atoms with Crippen molar-refractivity contribution in [1.82, 2.24) is 10.3 Å². The van der Waals surface area contributed by atoms with Gasteiger partial charge in [-0.2, -0.15) is 0 Å². The van der Waals surface area contributed by atoms with E-state index in [1.165, 1.54) is 6.07 Å². The molecular weight excluding hydrogens is 311 g/mol. The minimum Gasteiger partial charge on any atom is -0.355 e. The number of nitrogens with one attached hydrogen (secondary N) is 1. The molecule has 23 heavy (non-hydrogen) atoms. The van der Waals surface area contributed by atoms with Crippen LogP contribution in [0, 0.1) is 12.7 Å². The van der Waals surface area contributed by atoms with Crippen LogP contribution in [0.4, 0.5) is 4.39 Å². The van der Waals surface area contributed by atoms with Gasteiger partial charge in [-0.05, 0) is 31.4 Å². The van der Waals surface area contributed by atoms with Gasteiger partial charge in [0.25, 0.3) is 0 Å². The van der Waals surface area contributed by atoms with Crippen LogP contribution >= 0.6 is 11.3 Å². The Hall–Kier alpha value is -1.75. The second kappa shape index (κ2) is 6.79. The molecule has 0 radical (unpaired) electrons. The van der Waals surface area contributed by atoms with Crippen LogP contribution in [0.5, 0.6) is 0 Å². The molecule has 5 heteroatoms. The first-order valence-corrected chi connectivity index (χ1v) is 8.90. The van der Waals surface area contributed by atoms with Gasteiger partial charge in [-0.3, -0.25) is 4.79 Å². The highest BCUT2D eigenvalue weighted by atomic mass is 32.1. The molecule has 0 aliphatic heterocycles. The fourth-order valence-electron chi connectivity index (χ4n) is 3.47. The molecule has 2 aromatic rings. The third-order valence-corrected chi connectivity index (χ3v) is 5.46. The van der Waals surface area contributed by atoms with Crippen molar-refractivity contribution < 1.29 is 9.18 Å². The molecule has 1 saturated carbocycles. The van der Waals surface area contributed by atoms with E-state index in [-0.39, 0.29) is 23.6 Å². The molecule has 0 spiro atoms. The molecule has 1 aliphatic carbocycles. The molecular formula is C18H21FN2OS. The van der Waals surface area contributed by atoms with E-state index in [0.29, 0.717) is 6.54 Å². The number of nitrogens with zero attached hydrogens (tertiary/aromatic N) is 1. The lowest BCUT2D eigenvalue weighted by atomic mass is 9.78. The Labute approximate surface area is 140 Å². The van der Waals surface area contributed by atoms with E-state index in [4.69, 9.17) is 0 Å². The zero-order chi connectivity index (χ0) is 16.3. The monoisotopic (exact) mass is 332 g/mol. The van der Waals surface area contributed by atoms with Gasteiger partial charge in [-0.15, -0.1) is 11.3 Å². The Balaban J connectivity index is 1.68. The first-order chi connectivity index (χ1) is 11.1. The fraction of sp³-hybridized carbons (Fsp3) is 0.444. The van der Waals surface area contributed by atoms with Gasteiger partial charge in [0.15, 0.2) is 0 Å².